The molecule has 0 atom stereocenters. The molecule has 80 valence electrons. The van der Waals surface area contributed by atoms with E-state index in [9.17, 15) is 4.79 Å². The molecule has 0 saturated heterocycles. The third-order valence-electron chi connectivity index (χ3n) is 1.81. The molecule has 0 amide bonds. The molecule has 1 aromatic carbocycles. The number of hydrogen-bond acceptors (Lipinski definition) is 2. The van der Waals surface area contributed by atoms with Crippen LogP contribution in [0.3, 0.4) is 0 Å². The second kappa shape index (κ2) is 5.71. The Kier molecular flexibility index (Phi) is 4.56. The molecule has 0 aromatic heterocycles. The van der Waals surface area contributed by atoms with E-state index >= 15 is 0 Å². The van der Waals surface area contributed by atoms with Crippen molar-refractivity contribution in [3.8, 4) is 0 Å². The average Bonchev–Trinajstić information content (AvgIpc) is 2.18. The lowest BCUT2D eigenvalue weighted by Gasteiger charge is -2.03. The van der Waals surface area contributed by atoms with Gasteiger partial charge in [-0.15, -0.1) is 0 Å². The van der Waals surface area contributed by atoms with Crippen LogP contribution in [0.15, 0.2) is 34.3 Å². The molecule has 0 aliphatic carbocycles. The predicted molar refractivity (Wildman–Crippen MR) is 64.4 cm³/mol. The molecular weight excluding hydrogens is 256 g/mol. The number of rotatable bonds is 3. The normalized spacial score (nSPS) is 11.3. The number of esters is 1. The highest BCUT2D eigenvalue weighted by molar-refractivity contribution is 9.10. The smallest absolute Gasteiger partial charge is 0.302 e. The summed E-state index contributed by atoms with van der Waals surface area (Å²) in [6.45, 7) is 3.69. The molecule has 0 unspecified atom stereocenters. The quantitative estimate of drug-likeness (QED) is 0.786. The highest BCUT2D eigenvalue weighted by atomic mass is 79.9. The molecule has 0 bridgehead atoms. The zero-order valence-electron chi connectivity index (χ0n) is 8.79. The molecule has 0 heterocycles. The van der Waals surface area contributed by atoms with Gasteiger partial charge in [-0.2, -0.15) is 0 Å². The van der Waals surface area contributed by atoms with Crippen molar-refractivity contribution in [3.63, 3.8) is 0 Å². The largest absolute Gasteiger partial charge is 0.461 e. The van der Waals surface area contributed by atoms with E-state index in [-0.39, 0.29) is 5.97 Å². The van der Waals surface area contributed by atoms with Crippen molar-refractivity contribution >= 4 is 28.0 Å². The van der Waals surface area contributed by atoms with Gasteiger partial charge in [0.1, 0.15) is 6.61 Å². The van der Waals surface area contributed by atoms with Crippen molar-refractivity contribution in [2.24, 2.45) is 0 Å². The highest BCUT2D eigenvalue weighted by Crippen LogP contribution is 2.18. The molecule has 0 N–H and O–H groups in total. The molecule has 0 spiro atoms. The maximum Gasteiger partial charge on any atom is 0.302 e. The third kappa shape index (κ3) is 4.30. The zero-order chi connectivity index (χ0) is 11.3. The van der Waals surface area contributed by atoms with Gasteiger partial charge >= 0.3 is 5.97 Å². The maximum atomic E-state index is 10.6. The van der Waals surface area contributed by atoms with E-state index in [1.807, 2.05) is 37.3 Å². The van der Waals surface area contributed by atoms with Gasteiger partial charge in [0, 0.05) is 11.4 Å². The molecule has 15 heavy (non-hydrogen) atoms. The topological polar surface area (TPSA) is 26.3 Å². The molecule has 1 aromatic rings. The van der Waals surface area contributed by atoms with Crippen LogP contribution >= 0.6 is 15.9 Å². The second-order valence-electron chi connectivity index (χ2n) is 3.29. The lowest BCUT2D eigenvalue weighted by molar-refractivity contribution is -0.139. The first-order chi connectivity index (χ1) is 7.09. The summed E-state index contributed by atoms with van der Waals surface area (Å²) in [5.41, 5.74) is 2.10. The molecule has 0 radical (unpaired) electrons. The Morgan fingerprint density at radius 3 is 2.67 bits per heavy atom. The summed E-state index contributed by atoms with van der Waals surface area (Å²) < 4.78 is 5.93. The van der Waals surface area contributed by atoms with Crippen molar-refractivity contribution < 1.29 is 9.53 Å². The fourth-order valence-electron chi connectivity index (χ4n) is 1.11. The van der Waals surface area contributed by atoms with Crippen molar-refractivity contribution in [2.75, 3.05) is 6.61 Å². The van der Waals surface area contributed by atoms with Crippen molar-refractivity contribution in [1.29, 1.82) is 0 Å². The number of benzene rings is 1. The maximum absolute atomic E-state index is 10.6. The third-order valence-corrected chi connectivity index (χ3v) is 2.53. The van der Waals surface area contributed by atoms with Crippen molar-refractivity contribution in [3.05, 3.63) is 39.9 Å². The van der Waals surface area contributed by atoms with Gasteiger partial charge in [-0.05, 0) is 24.1 Å². The highest BCUT2D eigenvalue weighted by Gasteiger charge is 1.97. The van der Waals surface area contributed by atoms with Gasteiger partial charge in [-0.1, -0.05) is 40.2 Å². The predicted octanol–water partition coefficient (Wildman–Crippen LogP) is 3.42. The van der Waals surface area contributed by atoms with Gasteiger partial charge in [-0.25, -0.2) is 0 Å². The lowest BCUT2D eigenvalue weighted by atomic mass is 10.1. The van der Waals surface area contributed by atoms with Crippen LogP contribution in [-0.2, 0) is 9.53 Å². The van der Waals surface area contributed by atoms with Gasteiger partial charge in [-0.3, -0.25) is 4.79 Å². The fraction of sp³-hybridized carbons (Fsp3) is 0.250. The Balaban J connectivity index is 2.70. The fourth-order valence-corrected chi connectivity index (χ4v) is 1.51. The van der Waals surface area contributed by atoms with Crippen LogP contribution in [0.1, 0.15) is 19.4 Å². The standard InChI is InChI=1S/C12H13BrO2/c1-9(8-15-10(2)14)7-11-5-3-4-6-12(11)13/h3-7H,8H2,1-2H3. The van der Waals surface area contributed by atoms with Gasteiger partial charge in [0.05, 0.1) is 0 Å². The Bertz CT molecular complexity index is 383. The summed E-state index contributed by atoms with van der Waals surface area (Å²) in [6, 6.07) is 7.91. The van der Waals surface area contributed by atoms with Crippen molar-refractivity contribution in [2.45, 2.75) is 13.8 Å². The zero-order valence-corrected chi connectivity index (χ0v) is 10.4. The summed E-state index contributed by atoms with van der Waals surface area (Å²) >= 11 is 3.45. The Morgan fingerprint density at radius 1 is 1.40 bits per heavy atom. The molecule has 1 rings (SSSR count). The number of carbonyl (C=O) groups is 1. The summed E-state index contributed by atoms with van der Waals surface area (Å²) in [5.74, 6) is -0.255. The van der Waals surface area contributed by atoms with E-state index in [4.69, 9.17) is 4.74 Å². The molecule has 3 heteroatoms. The molecule has 0 fully saturated rings. The van der Waals surface area contributed by atoms with Crippen LogP contribution in [0, 0.1) is 0 Å². The lowest BCUT2D eigenvalue weighted by Crippen LogP contribution is -2.01. The van der Waals surface area contributed by atoms with E-state index in [0.29, 0.717) is 6.61 Å². The summed E-state index contributed by atoms with van der Waals surface area (Å²) in [7, 11) is 0. The summed E-state index contributed by atoms with van der Waals surface area (Å²) in [4.78, 5) is 10.6. The molecule has 0 aliphatic heterocycles. The van der Waals surface area contributed by atoms with E-state index in [2.05, 4.69) is 15.9 Å². The van der Waals surface area contributed by atoms with Crippen molar-refractivity contribution in [1.82, 2.24) is 0 Å². The number of carbonyl (C=O) groups excluding carboxylic acids is 1. The molecule has 0 aliphatic rings. The minimum absolute atomic E-state index is 0.255. The van der Waals surface area contributed by atoms with E-state index in [0.717, 1.165) is 15.6 Å². The SMILES string of the molecule is CC(=O)OCC(C)=Cc1ccccc1Br. The van der Waals surface area contributed by atoms with E-state index < -0.39 is 0 Å². The summed E-state index contributed by atoms with van der Waals surface area (Å²) in [5, 5.41) is 0. The van der Waals surface area contributed by atoms with Crippen LogP contribution in [0.5, 0.6) is 0 Å². The monoisotopic (exact) mass is 268 g/mol. The molecule has 2 nitrogen and oxygen atoms in total. The summed E-state index contributed by atoms with van der Waals surface area (Å²) in [6.07, 6.45) is 1.99. The number of ether oxygens (including phenoxy) is 1. The van der Waals surface area contributed by atoms with Crippen LogP contribution in [0.2, 0.25) is 0 Å². The van der Waals surface area contributed by atoms with E-state index in [1.54, 1.807) is 0 Å². The minimum Gasteiger partial charge on any atom is -0.461 e. The van der Waals surface area contributed by atoms with Crippen LogP contribution in [-0.4, -0.2) is 12.6 Å². The van der Waals surface area contributed by atoms with Crippen LogP contribution in [0.25, 0.3) is 6.08 Å². The number of halogens is 1. The Hall–Kier alpha value is -1.09. The second-order valence-corrected chi connectivity index (χ2v) is 4.15. The minimum atomic E-state index is -0.255. The van der Waals surface area contributed by atoms with Crippen LogP contribution in [0.4, 0.5) is 0 Å². The first kappa shape index (κ1) is 12.0. The molecular formula is C12H13BrO2. The average molecular weight is 269 g/mol. The Morgan fingerprint density at radius 2 is 2.07 bits per heavy atom. The van der Waals surface area contributed by atoms with Gasteiger partial charge in [0.25, 0.3) is 0 Å². The Labute approximate surface area is 98.1 Å². The van der Waals surface area contributed by atoms with Gasteiger partial charge in [0.15, 0.2) is 0 Å². The first-order valence-electron chi connectivity index (χ1n) is 4.64. The molecule has 0 saturated carbocycles. The van der Waals surface area contributed by atoms with Gasteiger partial charge in [0.2, 0.25) is 0 Å². The van der Waals surface area contributed by atoms with E-state index in [1.165, 1.54) is 6.92 Å². The first-order valence-corrected chi connectivity index (χ1v) is 5.44. The number of hydrogen-bond donors (Lipinski definition) is 0. The van der Waals surface area contributed by atoms with Crippen LogP contribution < -0.4 is 0 Å². The van der Waals surface area contributed by atoms with Gasteiger partial charge < -0.3 is 4.74 Å².